The third-order valence-electron chi connectivity index (χ3n) is 2.62. The molecule has 0 aliphatic rings. The number of allylic oxidation sites excluding steroid dienone is 1. The number of hydrogen-bond donors (Lipinski definition) is 1. The summed E-state index contributed by atoms with van der Waals surface area (Å²) in [6.45, 7) is 0. The Morgan fingerprint density at radius 2 is 2.25 bits per heavy atom. The van der Waals surface area contributed by atoms with Crippen LogP contribution in [0, 0.1) is 11.3 Å². The van der Waals surface area contributed by atoms with Gasteiger partial charge in [0.25, 0.3) is 0 Å². The van der Waals surface area contributed by atoms with Gasteiger partial charge in [0.1, 0.15) is 11.6 Å². The fourth-order valence-corrected chi connectivity index (χ4v) is 2.33. The number of rotatable bonds is 4. The van der Waals surface area contributed by atoms with Gasteiger partial charge >= 0.3 is 0 Å². The molecule has 4 nitrogen and oxygen atoms in total. The van der Waals surface area contributed by atoms with Crippen molar-refractivity contribution in [2.45, 2.75) is 0 Å². The minimum absolute atomic E-state index is 0.0250. The zero-order chi connectivity index (χ0) is 14.5. The van der Waals surface area contributed by atoms with Crippen LogP contribution in [0.15, 0.2) is 41.3 Å². The fraction of sp³-hybridized carbons (Fsp3) is 0.0667. The molecule has 0 saturated heterocycles. The largest absolute Gasteiger partial charge is 0.504 e. The molecule has 1 N–H and O–H groups in total. The first-order valence-corrected chi connectivity index (χ1v) is 6.60. The van der Waals surface area contributed by atoms with Crippen LogP contribution in [0.25, 0.3) is 6.08 Å². The lowest BCUT2D eigenvalue weighted by Crippen LogP contribution is -1.98. The molecular weight excluding hydrogens is 274 g/mol. The molecule has 0 amide bonds. The summed E-state index contributed by atoms with van der Waals surface area (Å²) in [5.41, 5.74) is 0.585. The van der Waals surface area contributed by atoms with Crippen LogP contribution >= 0.6 is 11.3 Å². The second kappa shape index (κ2) is 6.04. The topological polar surface area (TPSA) is 70.3 Å². The van der Waals surface area contributed by atoms with E-state index in [2.05, 4.69) is 0 Å². The number of phenols is 1. The summed E-state index contributed by atoms with van der Waals surface area (Å²) in [6.07, 6.45) is 1.45. The summed E-state index contributed by atoms with van der Waals surface area (Å²) in [5.74, 6) is -0.0230. The first kappa shape index (κ1) is 13.8. The Bertz CT molecular complexity index is 696. The molecule has 0 bridgehead atoms. The molecule has 1 aromatic heterocycles. The molecule has 0 aliphatic carbocycles. The maximum Gasteiger partial charge on any atom is 0.213 e. The number of nitriles is 1. The number of carbonyl (C=O) groups excluding carboxylic acids is 1. The van der Waals surface area contributed by atoms with Crippen LogP contribution in [0.4, 0.5) is 0 Å². The quantitative estimate of drug-likeness (QED) is 0.532. The van der Waals surface area contributed by atoms with E-state index in [1.165, 1.54) is 30.6 Å². The van der Waals surface area contributed by atoms with Crippen molar-refractivity contribution >= 4 is 23.2 Å². The second-order valence-electron chi connectivity index (χ2n) is 3.91. The van der Waals surface area contributed by atoms with Crippen LogP contribution in [0.1, 0.15) is 15.2 Å². The lowest BCUT2D eigenvalue weighted by atomic mass is 10.1. The molecule has 0 radical (unpaired) electrons. The fourth-order valence-electron chi connectivity index (χ4n) is 1.65. The Morgan fingerprint density at radius 1 is 1.45 bits per heavy atom. The van der Waals surface area contributed by atoms with Gasteiger partial charge in [-0.25, -0.2) is 0 Å². The number of ketones is 1. The molecule has 2 aromatic rings. The predicted molar refractivity (Wildman–Crippen MR) is 76.9 cm³/mol. The van der Waals surface area contributed by atoms with Gasteiger partial charge < -0.3 is 9.84 Å². The number of benzene rings is 1. The number of nitrogens with zero attached hydrogens (tertiary/aromatic N) is 1. The molecule has 0 aliphatic heterocycles. The Balaban J connectivity index is 2.35. The van der Waals surface area contributed by atoms with Crippen molar-refractivity contribution in [1.82, 2.24) is 0 Å². The first-order chi connectivity index (χ1) is 9.65. The van der Waals surface area contributed by atoms with Crippen LogP contribution in [0.3, 0.4) is 0 Å². The van der Waals surface area contributed by atoms with Crippen LogP contribution in [-0.2, 0) is 0 Å². The number of aromatic hydroxyl groups is 1. The Morgan fingerprint density at radius 3 is 2.80 bits per heavy atom. The van der Waals surface area contributed by atoms with Gasteiger partial charge in [0.05, 0.1) is 12.0 Å². The molecule has 0 fully saturated rings. The van der Waals surface area contributed by atoms with Crippen molar-refractivity contribution in [3.05, 3.63) is 51.7 Å². The molecule has 0 saturated carbocycles. The highest BCUT2D eigenvalue weighted by atomic mass is 32.1. The Hall–Kier alpha value is -2.58. The van der Waals surface area contributed by atoms with Gasteiger partial charge in [0.15, 0.2) is 11.5 Å². The minimum atomic E-state index is -0.321. The van der Waals surface area contributed by atoms with Crippen molar-refractivity contribution in [3.8, 4) is 17.6 Å². The lowest BCUT2D eigenvalue weighted by molar-refractivity contribution is 0.104. The molecule has 20 heavy (non-hydrogen) atoms. The van der Waals surface area contributed by atoms with E-state index in [-0.39, 0.29) is 17.1 Å². The summed E-state index contributed by atoms with van der Waals surface area (Å²) in [4.78, 5) is 12.6. The maximum atomic E-state index is 12.1. The summed E-state index contributed by atoms with van der Waals surface area (Å²) >= 11 is 1.28. The van der Waals surface area contributed by atoms with E-state index < -0.39 is 0 Å². The number of carbonyl (C=O) groups is 1. The number of phenolic OH excluding ortho intramolecular Hbond substituents is 1. The second-order valence-corrected chi connectivity index (χ2v) is 4.86. The molecule has 1 aromatic carbocycles. The molecule has 1 heterocycles. The molecule has 5 heteroatoms. The van der Waals surface area contributed by atoms with E-state index in [1.54, 1.807) is 29.6 Å². The molecule has 100 valence electrons. The number of thiophene rings is 1. The van der Waals surface area contributed by atoms with Crippen LogP contribution in [0.2, 0.25) is 0 Å². The number of Topliss-reactive ketones (excluding diaryl/α,β-unsaturated/α-hetero) is 1. The average Bonchev–Trinajstić information content (AvgIpc) is 2.98. The number of methoxy groups -OCH3 is 1. The standard InChI is InChI=1S/C15H11NO3S/c1-19-13-5-4-10(8-12(13)17)7-11(9-16)15(18)14-3-2-6-20-14/h2-8,17H,1H3/b11-7+. The monoisotopic (exact) mass is 285 g/mol. The summed E-state index contributed by atoms with van der Waals surface area (Å²) < 4.78 is 4.94. The number of ether oxygens (including phenoxy) is 1. The molecule has 0 spiro atoms. The molecule has 2 rings (SSSR count). The zero-order valence-electron chi connectivity index (χ0n) is 10.7. The third kappa shape index (κ3) is 2.87. The highest BCUT2D eigenvalue weighted by Gasteiger charge is 2.13. The van der Waals surface area contributed by atoms with Crippen molar-refractivity contribution in [3.63, 3.8) is 0 Å². The highest BCUT2D eigenvalue weighted by molar-refractivity contribution is 7.12. The van der Waals surface area contributed by atoms with Crippen molar-refractivity contribution in [2.75, 3.05) is 7.11 Å². The number of hydrogen-bond acceptors (Lipinski definition) is 5. The lowest BCUT2D eigenvalue weighted by Gasteiger charge is -2.03. The smallest absolute Gasteiger partial charge is 0.213 e. The van der Waals surface area contributed by atoms with E-state index in [4.69, 9.17) is 10.00 Å². The van der Waals surface area contributed by atoms with Gasteiger partial charge in [-0.2, -0.15) is 5.26 Å². The van der Waals surface area contributed by atoms with E-state index in [0.717, 1.165) is 0 Å². The normalized spacial score (nSPS) is 10.9. The minimum Gasteiger partial charge on any atom is -0.504 e. The van der Waals surface area contributed by atoms with Gasteiger partial charge in [0.2, 0.25) is 5.78 Å². The molecule has 0 atom stereocenters. The summed E-state index contributed by atoms with van der Waals surface area (Å²) in [5, 5.41) is 20.6. The van der Waals surface area contributed by atoms with Gasteiger partial charge in [-0.05, 0) is 35.2 Å². The Labute approximate surface area is 120 Å². The summed E-state index contributed by atoms with van der Waals surface area (Å²) in [7, 11) is 1.45. The maximum absolute atomic E-state index is 12.1. The predicted octanol–water partition coefficient (Wildman–Crippen LogP) is 3.25. The van der Waals surface area contributed by atoms with Gasteiger partial charge in [-0.3, -0.25) is 4.79 Å². The highest BCUT2D eigenvalue weighted by Crippen LogP contribution is 2.27. The van der Waals surface area contributed by atoms with Gasteiger partial charge in [-0.1, -0.05) is 12.1 Å². The Kier molecular flexibility index (Phi) is 4.18. The first-order valence-electron chi connectivity index (χ1n) is 5.72. The van der Waals surface area contributed by atoms with E-state index in [0.29, 0.717) is 16.2 Å². The van der Waals surface area contributed by atoms with Crippen LogP contribution in [0.5, 0.6) is 11.5 Å². The van der Waals surface area contributed by atoms with Gasteiger partial charge in [0, 0.05) is 0 Å². The van der Waals surface area contributed by atoms with Crippen molar-refractivity contribution in [2.24, 2.45) is 0 Å². The van der Waals surface area contributed by atoms with Crippen LogP contribution < -0.4 is 4.74 Å². The van der Waals surface area contributed by atoms with Gasteiger partial charge in [-0.15, -0.1) is 11.3 Å². The van der Waals surface area contributed by atoms with E-state index in [1.807, 2.05) is 6.07 Å². The summed E-state index contributed by atoms with van der Waals surface area (Å²) in [6, 6.07) is 10.0. The third-order valence-corrected chi connectivity index (χ3v) is 3.49. The van der Waals surface area contributed by atoms with Crippen molar-refractivity contribution in [1.29, 1.82) is 5.26 Å². The van der Waals surface area contributed by atoms with E-state index in [9.17, 15) is 9.90 Å². The average molecular weight is 285 g/mol. The molecular formula is C15H11NO3S. The zero-order valence-corrected chi connectivity index (χ0v) is 11.5. The van der Waals surface area contributed by atoms with Crippen LogP contribution in [-0.4, -0.2) is 18.0 Å². The SMILES string of the molecule is COc1ccc(/C=C(\C#N)C(=O)c2cccs2)cc1O. The van der Waals surface area contributed by atoms with Crippen molar-refractivity contribution < 1.29 is 14.6 Å². The van der Waals surface area contributed by atoms with E-state index >= 15 is 0 Å². The molecule has 0 unspecified atom stereocenters.